The van der Waals surface area contributed by atoms with Crippen LogP contribution < -0.4 is 41.6 Å². The summed E-state index contributed by atoms with van der Waals surface area (Å²) < 4.78 is 23.1. The van der Waals surface area contributed by atoms with Gasteiger partial charge in [0, 0.05) is 37.3 Å². The molecule has 0 aliphatic carbocycles. The van der Waals surface area contributed by atoms with Crippen LogP contribution in [0.15, 0.2) is 67.0 Å². The van der Waals surface area contributed by atoms with Gasteiger partial charge in [0.15, 0.2) is 22.4 Å². The molecule has 290 valence electrons. The number of ether oxygens (including phenoxy) is 2. The third-order valence-electron chi connectivity index (χ3n) is 8.41. The molecule has 54 heavy (non-hydrogen) atoms. The van der Waals surface area contributed by atoms with Crippen LogP contribution in [-0.4, -0.2) is 73.1 Å². The zero-order chi connectivity index (χ0) is 39.2. The Hall–Kier alpha value is -5.70. The summed E-state index contributed by atoms with van der Waals surface area (Å²) in [6.45, 7) is 7.92. The van der Waals surface area contributed by atoms with E-state index in [1.807, 2.05) is 13.8 Å². The monoisotopic (exact) mass is 746 g/mol. The molecular weight excluding hydrogens is 696 g/mol. The maximum atomic E-state index is 13.1. The maximum Gasteiger partial charge on any atom is 0.287 e. The Morgan fingerprint density at radius 1 is 0.704 bits per heavy atom. The molecule has 7 N–H and O–H groups in total. The van der Waals surface area contributed by atoms with Crippen molar-refractivity contribution in [2.24, 2.45) is 0 Å². The van der Waals surface area contributed by atoms with Crippen molar-refractivity contribution in [1.82, 2.24) is 21.3 Å². The molecule has 0 aliphatic heterocycles. The first-order chi connectivity index (χ1) is 25.8. The van der Waals surface area contributed by atoms with Gasteiger partial charge in [0.25, 0.3) is 11.8 Å². The van der Waals surface area contributed by atoms with E-state index in [0.29, 0.717) is 37.6 Å². The van der Waals surface area contributed by atoms with Crippen molar-refractivity contribution in [1.29, 1.82) is 10.8 Å². The van der Waals surface area contributed by atoms with E-state index in [2.05, 4.69) is 21.3 Å². The van der Waals surface area contributed by atoms with E-state index >= 15 is 0 Å². The van der Waals surface area contributed by atoms with Gasteiger partial charge in [0.1, 0.15) is 52.8 Å². The number of amidine groups is 2. The fourth-order valence-electron chi connectivity index (χ4n) is 5.68. The lowest BCUT2D eigenvalue weighted by Gasteiger charge is -2.16. The molecule has 0 radical (unpaired) electrons. The summed E-state index contributed by atoms with van der Waals surface area (Å²) in [7, 11) is 0. The standard InChI is InChI=1S/C39H50N6O9/c1-23(11-5-7-17-42-25(3)40)44-38(49)34-19-28(47)36-30(13-9-15-32(36)53-34)51-21-27(46)22-52-31-14-10-16-33-37(31)29(48)20-35(54-33)39(50)45-24(2)12-6-8-18-43-26(4)41/h9-10,13-16,19-20,23-24,27,46H,5-8,11-12,17-18,21-22H2,1-4H3,(H2,40,42)(H2,41,43)(H,44,49)(H,45,50)/t23-,24-/m1/s1. The molecular formula is C39H50N6O9. The fraction of sp³-hybridized carbons (Fsp3) is 0.436. The summed E-state index contributed by atoms with van der Waals surface area (Å²) >= 11 is 0. The number of hydrogen-bond acceptors (Lipinski definition) is 11. The van der Waals surface area contributed by atoms with E-state index in [0.717, 1.165) is 37.8 Å². The highest BCUT2D eigenvalue weighted by Gasteiger charge is 2.20. The molecule has 2 amide bonds. The van der Waals surface area contributed by atoms with Gasteiger partial charge in [-0.2, -0.15) is 0 Å². The van der Waals surface area contributed by atoms with Crippen molar-refractivity contribution in [3.63, 3.8) is 0 Å². The zero-order valence-electron chi connectivity index (χ0n) is 31.1. The number of aliphatic hydroxyl groups is 1. The Bertz CT molecular complexity index is 1920. The molecule has 2 atom stereocenters. The predicted octanol–water partition coefficient (Wildman–Crippen LogP) is 4.47. The van der Waals surface area contributed by atoms with Crippen LogP contribution in [0.2, 0.25) is 0 Å². The molecule has 4 rings (SSSR count). The van der Waals surface area contributed by atoms with Crippen LogP contribution in [-0.2, 0) is 0 Å². The number of aliphatic hydroxyl groups excluding tert-OH is 1. The Balaban J connectivity index is 1.32. The van der Waals surface area contributed by atoms with Gasteiger partial charge in [-0.15, -0.1) is 0 Å². The van der Waals surface area contributed by atoms with E-state index in [9.17, 15) is 24.3 Å². The van der Waals surface area contributed by atoms with Crippen molar-refractivity contribution in [2.45, 2.75) is 84.4 Å². The highest BCUT2D eigenvalue weighted by Crippen LogP contribution is 2.25. The van der Waals surface area contributed by atoms with E-state index in [-0.39, 0.29) is 70.3 Å². The fourth-order valence-corrected chi connectivity index (χ4v) is 5.68. The molecule has 0 aliphatic rings. The van der Waals surface area contributed by atoms with Crippen LogP contribution >= 0.6 is 0 Å². The quantitative estimate of drug-likeness (QED) is 0.0379. The SMILES string of the molecule is CC(=N)NCCCC[C@@H](C)NC(=O)c1cc(=O)c2c(OCC(O)COc3cccc4oc(C(=O)N[C@H](C)CCCCNC(C)=N)cc(=O)c34)cccc2o1. The van der Waals surface area contributed by atoms with Gasteiger partial charge < -0.3 is 44.7 Å². The third kappa shape index (κ3) is 12.2. The Morgan fingerprint density at radius 2 is 1.11 bits per heavy atom. The number of rotatable bonds is 20. The minimum atomic E-state index is -1.18. The topological polar surface area (TPSA) is 229 Å². The molecule has 0 unspecified atom stereocenters. The summed E-state index contributed by atoms with van der Waals surface area (Å²) in [5, 5.41) is 37.3. The second-order valence-electron chi connectivity index (χ2n) is 13.3. The van der Waals surface area contributed by atoms with Crippen LogP contribution in [0.1, 0.15) is 87.3 Å². The third-order valence-corrected chi connectivity index (χ3v) is 8.41. The average molecular weight is 747 g/mol. The lowest BCUT2D eigenvalue weighted by molar-refractivity contribution is 0.0636. The summed E-state index contributed by atoms with van der Waals surface area (Å²) in [6.07, 6.45) is 3.63. The minimum absolute atomic E-state index is 0.108. The normalized spacial score (nSPS) is 12.8. The summed E-state index contributed by atoms with van der Waals surface area (Å²) in [5.41, 5.74) is -0.693. The van der Waals surface area contributed by atoms with Crippen LogP contribution in [0.3, 0.4) is 0 Å². The van der Waals surface area contributed by atoms with Crippen LogP contribution in [0.4, 0.5) is 0 Å². The molecule has 0 saturated carbocycles. The summed E-state index contributed by atoms with van der Waals surface area (Å²) in [4.78, 5) is 52.0. The van der Waals surface area contributed by atoms with E-state index in [1.165, 1.54) is 0 Å². The average Bonchev–Trinajstić information content (AvgIpc) is 3.12. The number of benzene rings is 2. The lowest BCUT2D eigenvalue weighted by atomic mass is 10.1. The molecule has 2 heterocycles. The number of carbonyl (C=O) groups excluding carboxylic acids is 2. The van der Waals surface area contributed by atoms with Crippen molar-refractivity contribution < 1.29 is 33.0 Å². The summed E-state index contributed by atoms with van der Waals surface area (Å²) in [5.74, 6) is -0.191. The Kier molecular flexibility index (Phi) is 15.2. The van der Waals surface area contributed by atoms with Crippen molar-refractivity contribution in [3.8, 4) is 11.5 Å². The van der Waals surface area contributed by atoms with Crippen molar-refractivity contribution >= 4 is 45.4 Å². The highest BCUT2D eigenvalue weighted by molar-refractivity contribution is 5.95. The Labute approximate surface area is 312 Å². The van der Waals surface area contributed by atoms with Crippen LogP contribution in [0.5, 0.6) is 11.5 Å². The first-order valence-electron chi connectivity index (χ1n) is 18.1. The van der Waals surface area contributed by atoms with Gasteiger partial charge in [-0.3, -0.25) is 30.0 Å². The van der Waals surface area contributed by atoms with Gasteiger partial charge in [0.05, 0.1) is 11.7 Å². The van der Waals surface area contributed by atoms with Gasteiger partial charge in [0.2, 0.25) is 0 Å². The smallest absolute Gasteiger partial charge is 0.287 e. The second kappa shape index (κ2) is 19.9. The Morgan fingerprint density at radius 3 is 1.50 bits per heavy atom. The van der Waals surface area contributed by atoms with Crippen molar-refractivity contribution in [3.05, 3.63) is 80.5 Å². The van der Waals surface area contributed by atoms with Gasteiger partial charge >= 0.3 is 0 Å². The number of unbranched alkanes of at least 4 members (excludes halogenated alkanes) is 2. The number of carbonyl (C=O) groups is 2. The molecule has 15 nitrogen and oxygen atoms in total. The molecule has 15 heteroatoms. The maximum absolute atomic E-state index is 13.1. The second-order valence-corrected chi connectivity index (χ2v) is 13.3. The number of fused-ring (bicyclic) bond motifs is 2. The van der Waals surface area contributed by atoms with Gasteiger partial charge in [-0.05, 0) is 90.5 Å². The van der Waals surface area contributed by atoms with Gasteiger partial charge in [-0.1, -0.05) is 12.1 Å². The van der Waals surface area contributed by atoms with Crippen molar-refractivity contribution in [2.75, 3.05) is 26.3 Å². The number of hydrogen-bond donors (Lipinski definition) is 7. The molecule has 0 fully saturated rings. The molecule has 0 saturated heterocycles. The largest absolute Gasteiger partial charge is 0.490 e. The van der Waals surface area contributed by atoms with E-state index in [1.54, 1.807) is 50.2 Å². The first-order valence-corrected chi connectivity index (χ1v) is 18.1. The van der Waals surface area contributed by atoms with Crippen LogP contribution in [0.25, 0.3) is 21.9 Å². The number of amides is 2. The van der Waals surface area contributed by atoms with Gasteiger partial charge in [-0.25, -0.2) is 0 Å². The molecule has 0 spiro atoms. The van der Waals surface area contributed by atoms with Crippen LogP contribution in [0, 0.1) is 10.8 Å². The first kappa shape index (κ1) is 41.1. The van der Waals surface area contributed by atoms with E-state index in [4.69, 9.17) is 29.1 Å². The summed E-state index contributed by atoms with van der Waals surface area (Å²) in [6, 6.07) is 11.3. The molecule has 0 bridgehead atoms. The highest BCUT2D eigenvalue weighted by atomic mass is 16.5. The minimum Gasteiger partial charge on any atom is -0.490 e. The molecule has 2 aromatic carbocycles. The predicted molar refractivity (Wildman–Crippen MR) is 206 cm³/mol. The molecule has 2 aromatic heterocycles. The molecule has 4 aromatic rings. The van der Waals surface area contributed by atoms with E-state index < -0.39 is 28.8 Å². The zero-order valence-corrected chi connectivity index (χ0v) is 31.1. The number of nitrogens with one attached hydrogen (secondary N) is 6. The lowest BCUT2D eigenvalue weighted by Crippen LogP contribution is -2.33.